The van der Waals surface area contributed by atoms with Crippen LogP contribution >= 0.6 is 24.0 Å². The van der Waals surface area contributed by atoms with E-state index in [1.807, 2.05) is 31.2 Å². The highest BCUT2D eigenvalue weighted by Gasteiger charge is 2.33. The third kappa shape index (κ3) is 3.25. The van der Waals surface area contributed by atoms with E-state index < -0.39 is 5.97 Å². The van der Waals surface area contributed by atoms with Gasteiger partial charge in [-0.2, -0.15) is 0 Å². The summed E-state index contributed by atoms with van der Waals surface area (Å²) in [4.78, 5) is 25.5. The number of aromatic carboxylic acids is 1. The molecular formula is C18H13NO3S2. The van der Waals surface area contributed by atoms with E-state index in [4.69, 9.17) is 17.3 Å². The highest BCUT2D eigenvalue weighted by atomic mass is 32.2. The van der Waals surface area contributed by atoms with Crippen molar-refractivity contribution < 1.29 is 14.7 Å². The van der Waals surface area contributed by atoms with Crippen molar-refractivity contribution in [3.8, 4) is 0 Å². The van der Waals surface area contributed by atoms with Gasteiger partial charge in [0, 0.05) is 0 Å². The van der Waals surface area contributed by atoms with Crippen molar-refractivity contribution in [1.29, 1.82) is 0 Å². The van der Waals surface area contributed by atoms with Gasteiger partial charge < -0.3 is 5.11 Å². The van der Waals surface area contributed by atoms with Crippen LogP contribution < -0.4 is 4.90 Å². The van der Waals surface area contributed by atoms with Gasteiger partial charge in [-0.1, -0.05) is 53.8 Å². The molecule has 2 aromatic carbocycles. The average Bonchev–Trinajstić information content (AvgIpc) is 2.83. The van der Waals surface area contributed by atoms with Gasteiger partial charge in [0.15, 0.2) is 4.32 Å². The molecule has 3 rings (SSSR count). The summed E-state index contributed by atoms with van der Waals surface area (Å²) in [6, 6.07) is 14.0. The number of thioether (sulfide) groups is 1. The molecule has 1 fully saturated rings. The Hall–Kier alpha value is -2.44. The summed E-state index contributed by atoms with van der Waals surface area (Å²) in [5, 5.41) is 8.92. The molecule has 0 atom stereocenters. The Labute approximate surface area is 148 Å². The number of carboxylic acids is 1. The molecule has 1 heterocycles. The van der Waals surface area contributed by atoms with Gasteiger partial charge in [-0.25, -0.2) is 4.79 Å². The number of amides is 1. The maximum absolute atomic E-state index is 12.6. The summed E-state index contributed by atoms with van der Waals surface area (Å²) in [6.07, 6.45) is 1.72. The molecule has 24 heavy (non-hydrogen) atoms. The van der Waals surface area contributed by atoms with E-state index in [0.29, 0.717) is 9.23 Å². The second kappa shape index (κ2) is 6.59. The summed E-state index contributed by atoms with van der Waals surface area (Å²) < 4.78 is 0.484. The van der Waals surface area contributed by atoms with Gasteiger partial charge in [-0.15, -0.1) is 0 Å². The molecular weight excluding hydrogens is 342 g/mol. The molecule has 0 aliphatic carbocycles. The third-order valence-electron chi connectivity index (χ3n) is 3.54. The maximum Gasteiger partial charge on any atom is 0.335 e. The third-order valence-corrected chi connectivity index (χ3v) is 4.84. The quantitative estimate of drug-likeness (QED) is 0.663. The minimum Gasteiger partial charge on any atom is -0.478 e. The van der Waals surface area contributed by atoms with Crippen LogP contribution in [0.25, 0.3) is 6.08 Å². The van der Waals surface area contributed by atoms with Crippen molar-refractivity contribution in [2.24, 2.45) is 0 Å². The second-order valence-corrected chi connectivity index (χ2v) is 6.96. The Bertz CT molecular complexity index is 855. The summed E-state index contributed by atoms with van der Waals surface area (Å²) in [6.45, 7) is 1.98. The molecule has 1 aliphatic rings. The molecule has 0 unspecified atom stereocenters. The number of carbonyl (C=O) groups is 2. The Morgan fingerprint density at radius 3 is 2.33 bits per heavy atom. The average molecular weight is 355 g/mol. The van der Waals surface area contributed by atoms with E-state index in [9.17, 15) is 9.59 Å². The van der Waals surface area contributed by atoms with Crippen LogP contribution in [-0.4, -0.2) is 21.3 Å². The summed E-state index contributed by atoms with van der Waals surface area (Å²) >= 11 is 6.57. The molecule has 1 saturated heterocycles. The molecule has 0 saturated carbocycles. The largest absolute Gasteiger partial charge is 0.478 e. The number of aryl methyl sites for hydroxylation is 1. The molecule has 4 nitrogen and oxygen atoms in total. The number of benzene rings is 2. The number of hydrogen-bond acceptors (Lipinski definition) is 4. The predicted octanol–water partition coefficient (Wildman–Crippen LogP) is 4.10. The summed E-state index contributed by atoms with van der Waals surface area (Å²) in [5.41, 5.74) is 2.81. The van der Waals surface area contributed by atoms with E-state index in [2.05, 4.69) is 0 Å². The van der Waals surface area contributed by atoms with Crippen LogP contribution in [0.2, 0.25) is 0 Å². The van der Waals surface area contributed by atoms with Crippen molar-refractivity contribution in [1.82, 2.24) is 0 Å². The Morgan fingerprint density at radius 2 is 1.75 bits per heavy atom. The molecule has 2 aromatic rings. The zero-order valence-electron chi connectivity index (χ0n) is 12.7. The summed E-state index contributed by atoms with van der Waals surface area (Å²) in [7, 11) is 0. The number of nitrogens with zero attached hydrogens (tertiary/aromatic N) is 1. The van der Waals surface area contributed by atoms with Crippen LogP contribution in [0.5, 0.6) is 0 Å². The molecule has 0 spiro atoms. The molecule has 0 aromatic heterocycles. The molecule has 1 aliphatic heterocycles. The summed E-state index contributed by atoms with van der Waals surface area (Å²) in [5.74, 6) is -1.15. The Morgan fingerprint density at radius 1 is 1.12 bits per heavy atom. The van der Waals surface area contributed by atoms with E-state index >= 15 is 0 Å². The van der Waals surface area contributed by atoms with Crippen LogP contribution in [-0.2, 0) is 4.79 Å². The van der Waals surface area contributed by atoms with E-state index in [0.717, 1.165) is 16.8 Å². The molecule has 1 N–H and O–H groups in total. The normalized spacial score (nSPS) is 16.0. The van der Waals surface area contributed by atoms with Crippen molar-refractivity contribution in [3.05, 3.63) is 70.1 Å². The lowest BCUT2D eigenvalue weighted by atomic mass is 10.1. The van der Waals surface area contributed by atoms with Gasteiger partial charge >= 0.3 is 5.97 Å². The van der Waals surface area contributed by atoms with Crippen LogP contribution in [0.3, 0.4) is 0 Å². The second-order valence-electron chi connectivity index (χ2n) is 5.28. The first-order valence-corrected chi connectivity index (χ1v) is 8.36. The molecule has 0 bridgehead atoms. The van der Waals surface area contributed by atoms with Gasteiger partial charge in [0.05, 0.1) is 16.2 Å². The fraction of sp³-hybridized carbons (Fsp3) is 0.0556. The number of hydrogen-bond donors (Lipinski definition) is 1. The Kier molecular flexibility index (Phi) is 4.51. The lowest BCUT2D eigenvalue weighted by Crippen LogP contribution is -2.27. The molecule has 1 amide bonds. The number of carboxylic acid groups (broad SMARTS) is 1. The lowest BCUT2D eigenvalue weighted by Gasteiger charge is -2.14. The minimum absolute atomic E-state index is 0.170. The SMILES string of the molecule is Cc1ccc(N2C(=O)C(=Cc3ccc(C(=O)O)cc3)SC2=S)cc1. The van der Waals surface area contributed by atoms with E-state index in [1.54, 1.807) is 18.2 Å². The van der Waals surface area contributed by atoms with Crippen molar-refractivity contribution in [2.75, 3.05) is 4.90 Å². The maximum atomic E-state index is 12.6. The van der Waals surface area contributed by atoms with Gasteiger partial charge in [0.1, 0.15) is 0 Å². The zero-order chi connectivity index (χ0) is 17.3. The highest BCUT2D eigenvalue weighted by molar-refractivity contribution is 8.27. The van der Waals surface area contributed by atoms with Crippen LogP contribution in [0.1, 0.15) is 21.5 Å². The predicted molar refractivity (Wildman–Crippen MR) is 100 cm³/mol. The van der Waals surface area contributed by atoms with Crippen molar-refractivity contribution in [3.63, 3.8) is 0 Å². The first-order chi connectivity index (χ1) is 11.5. The van der Waals surface area contributed by atoms with E-state index in [-0.39, 0.29) is 11.5 Å². The number of carbonyl (C=O) groups excluding carboxylic acids is 1. The van der Waals surface area contributed by atoms with Crippen LogP contribution in [0.15, 0.2) is 53.4 Å². The first-order valence-electron chi connectivity index (χ1n) is 7.14. The number of thiocarbonyl (C=S) groups is 1. The topological polar surface area (TPSA) is 57.6 Å². The standard InChI is InChI=1S/C18H13NO3S2/c1-11-2-8-14(9-3-11)19-16(20)15(24-18(19)23)10-12-4-6-13(7-5-12)17(21)22/h2-10H,1H3,(H,21,22). The minimum atomic E-state index is -0.979. The van der Waals surface area contributed by atoms with Crippen LogP contribution in [0, 0.1) is 6.92 Å². The Balaban J connectivity index is 1.87. The molecule has 120 valence electrons. The van der Waals surface area contributed by atoms with Gasteiger partial charge in [0.2, 0.25) is 0 Å². The number of anilines is 1. The monoisotopic (exact) mass is 355 g/mol. The molecule has 6 heteroatoms. The molecule has 0 radical (unpaired) electrons. The highest BCUT2D eigenvalue weighted by Crippen LogP contribution is 2.36. The van der Waals surface area contributed by atoms with E-state index in [1.165, 1.54) is 28.8 Å². The van der Waals surface area contributed by atoms with Crippen molar-refractivity contribution in [2.45, 2.75) is 6.92 Å². The van der Waals surface area contributed by atoms with Gasteiger partial charge in [-0.3, -0.25) is 9.69 Å². The van der Waals surface area contributed by atoms with Gasteiger partial charge in [-0.05, 0) is 42.8 Å². The first kappa shape index (κ1) is 16.4. The fourth-order valence-electron chi connectivity index (χ4n) is 2.26. The van der Waals surface area contributed by atoms with Gasteiger partial charge in [0.25, 0.3) is 5.91 Å². The zero-order valence-corrected chi connectivity index (χ0v) is 14.4. The van der Waals surface area contributed by atoms with Crippen LogP contribution in [0.4, 0.5) is 5.69 Å². The lowest BCUT2D eigenvalue weighted by molar-refractivity contribution is -0.113. The number of rotatable bonds is 3. The fourth-order valence-corrected chi connectivity index (χ4v) is 3.56. The van der Waals surface area contributed by atoms with Crippen molar-refractivity contribution >= 4 is 51.9 Å². The smallest absolute Gasteiger partial charge is 0.335 e.